The van der Waals surface area contributed by atoms with E-state index in [9.17, 15) is 4.79 Å². The first kappa shape index (κ1) is 12.3. The maximum absolute atomic E-state index is 11.9. The van der Waals surface area contributed by atoms with Gasteiger partial charge in [0.2, 0.25) is 0 Å². The molecule has 0 fully saturated rings. The van der Waals surface area contributed by atoms with E-state index in [1.807, 2.05) is 13.0 Å². The van der Waals surface area contributed by atoms with Gasteiger partial charge in [-0.2, -0.15) is 0 Å². The first-order valence-corrected chi connectivity index (χ1v) is 5.59. The van der Waals surface area contributed by atoms with Gasteiger partial charge in [-0.1, -0.05) is 17.7 Å². The number of nitrogens with two attached hydrogens (primary N) is 1. The third kappa shape index (κ3) is 2.75. The molecule has 0 aliphatic heterocycles. The molecule has 3 N–H and O–H groups in total. The average molecular weight is 263 g/mol. The molecule has 0 bridgehead atoms. The Labute approximate surface area is 109 Å². The van der Waals surface area contributed by atoms with Gasteiger partial charge in [-0.3, -0.25) is 9.78 Å². The molecule has 1 aromatic heterocycles. The Hall–Kier alpha value is -2.14. The fourth-order valence-corrected chi connectivity index (χ4v) is 1.54. The normalized spacial score (nSPS) is 10.1. The summed E-state index contributed by atoms with van der Waals surface area (Å²) in [4.78, 5) is 19.5. The van der Waals surface area contributed by atoms with Gasteiger partial charge in [0.1, 0.15) is 11.5 Å². The Morgan fingerprint density at radius 3 is 2.83 bits per heavy atom. The average Bonchev–Trinajstić information content (AvgIpc) is 2.34. The Kier molecular flexibility index (Phi) is 3.43. The predicted octanol–water partition coefficient (Wildman–Crippen LogP) is 2.27. The van der Waals surface area contributed by atoms with Gasteiger partial charge >= 0.3 is 0 Å². The quantitative estimate of drug-likeness (QED) is 0.870. The minimum atomic E-state index is -0.380. The number of carbonyl (C=O) groups is 1. The van der Waals surface area contributed by atoms with Crippen molar-refractivity contribution >= 4 is 29.0 Å². The van der Waals surface area contributed by atoms with Crippen LogP contribution in [0.25, 0.3) is 0 Å². The van der Waals surface area contributed by atoms with Crippen molar-refractivity contribution in [2.24, 2.45) is 0 Å². The molecule has 92 valence electrons. The summed E-state index contributed by atoms with van der Waals surface area (Å²) in [6.45, 7) is 1.89. The molecule has 0 unspecified atom stereocenters. The van der Waals surface area contributed by atoms with E-state index in [4.69, 9.17) is 17.3 Å². The third-order valence-corrected chi connectivity index (χ3v) is 2.72. The number of anilines is 2. The van der Waals surface area contributed by atoms with E-state index in [1.165, 1.54) is 12.4 Å². The molecular formula is C12H11ClN4O. The monoisotopic (exact) mass is 262 g/mol. The van der Waals surface area contributed by atoms with Crippen molar-refractivity contribution in [3.63, 3.8) is 0 Å². The van der Waals surface area contributed by atoms with Crippen LogP contribution in [0.1, 0.15) is 16.1 Å². The minimum Gasteiger partial charge on any atom is -0.382 e. The van der Waals surface area contributed by atoms with Gasteiger partial charge in [0.15, 0.2) is 0 Å². The third-order valence-electron chi connectivity index (χ3n) is 2.32. The largest absolute Gasteiger partial charge is 0.382 e. The zero-order valence-corrected chi connectivity index (χ0v) is 10.4. The lowest BCUT2D eigenvalue weighted by molar-refractivity contribution is 0.102. The molecule has 6 heteroatoms. The van der Waals surface area contributed by atoms with Gasteiger partial charge in [0.05, 0.1) is 12.4 Å². The van der Waals surface area contributed by atoms with E-state index in [2.05, 4.69) is 15.3 Å². The summed E-state index contributed by atoms with van der Waals surface area (Å²) in [5, 5.41) is 3.26. The zero-order chi connectivity index (χ0) is 13.1. The highest BCUT2D eigenvalue weighted by atomic mass is 35.5. The standard InChI is InChI=1S/C12H11ClN4O/c1-7-2-3-8(4-9(7)13)16-12(18)10-5-15-6-11(14)17-10/h2-6H,1H3,(H2,14,17)(H,16,18). The predicted molar refractivity (Wildman–Crippen MR) is 70.6 cm³/mol. The molecule has 2 rings (SSSR count). The van der Waals surface area contributed by atoms with Gasteiger partial charge in [-0.05, 0) is 24.6 Å². The highest BCUT2D eigenvalue weighted by Gasteiger charge is 2.09. The Morgan fingerprint density at radius 2 is 2.17 bits per heavy atom. The van der Waals surface area contributed by atoms with Crippen molar-refractivity contribution in [1.29, 1.82) is 0 Å². The van der Waals surface area contributed by atoms with Gasteiger partial charge in [-0.15, -0.1) is 0 Å². The van der Waals surface area contributed by atoms with Crippen LogP contribution >= 0.6 is 11.6 Å². The molecule has 0 aliphatic rings. The smallest absolute Gasteiger partial charge is 0.275 e. The number of hydrogen-bond donors (Lipinski definition) is 2. The molecule has 18 heavy (non-hydrogen) atoms. The van der Waals surface area contributed by atoms with E-state index in [0.29, 0.717) is 10.7 Å². The van der Waals surface area contributed by atoms with Crippen LogP contribution in [0.4, 0.5) is 11.5 Å². The molecule has 0 saturated heterocycles. The van der Waals surface area contributed by atoms with E-state index in [-0.39, 0.29) is 17.4 Å². The van der Waals surface area contributed by atoms with Crippen LogP contribution in [0.15, 0.2) is 30.6 Å². The van der Waals surface area contributed by atoms with Crippen LogP contribution in [0, 0.1) is 6.92 Å². The minimum absolute atomic E-state index is 0.159. The van der Waals surface area contributed by atoms with Crippen LogP contribution in [0.3, 0.4) is 0 Å². The summed E-state index contributed by atoms with van der Waals surface area (Å²) >= 11 is 5.97. The number of amides is 1. The number of carbonyl (C=O) groups excluding carboxylic acids is 1. The number of nitrogens with zero attached hydrogens (tertiary/aromatic N) is 2. The number of halogens is 1. The van der Waals surface area contributed by atoms with E-state index >= 15 is 0 Å². The molecule has 0 saturated carbocycles. The van der Waals surface area contributed by atoms with E-state index in [0.717, 1.165) is 5.56 Å². The Morgan fingerprint density at radius 1 is 1.39 bits per heavy atom. The Balaban J connectivity index is 2.18. The molecule has 0 atom stereocenters. The van der Waals surface area contributed by atoms with E-state index in [1.54, 1.807) is 12.1 Å². The fourth-order valence-electron chi connectivity index (χ4n) is 1.36. The number of hydrogen-bond acceptors (Lipinski definition) is 4. The molecule has 2 aromatic rings. The van der Waals surface area contributed by atoms with Gasteiger partial charge in [-0.25, -0.2) is 4.98 Å². The summed E-state index contributed by atoms with van der Waals surface area (Å²) in [6.07, 6.45) is 2.72. The first-order chi connectivity index (χ1) is 8.56. The van der Waals surface area contributed by atoms with Crippen molar-refractivity contribution in [2.75, 3.05) is 11.1 Å². The lowest BCUT2D eigenvalue weighted by Crippen LogP contribution is -2.14. The van der Waals surface area contributed by atoms with Gasteiger partial charge in [0, 0.05) is 10.7 Å². The first-order valence-electron chi connectivity index (χ1n) is 5.21. The summed E-state index contributed by atoms with van der Waals surface area (Å²) in [5.41, 5.74) is 7.16. The number of nitrogen functional groups attached to an aromatic ring is 1. The van der Waals surface area contributed by atoms with Gasteiger partial charge < -0.3 is 11.1 Å². The summed E-state index contributed by atoms with van der Waals surface area (Å²) < 4.78 is 0. The number of nitrogens with one attached hydrogen (secondary N) is 1. The Bertz CT molecular complexity index is 600. The van der Waals surface area contributed by atoms with Gasteiger partial charge in [0.25, 0.3) is 5.91 Å². The SMILES string of the molecule is Cc1ccc(NC(=O)c2cncc(N)n2)cc1Cl. The van der Waals surface area contributed by atoms with Crippen LogP contribution < -0.4 is 11.1 Å². The van der Waals surface area contributed by atoms with Crippen molar-refractivity contribution in [3.05, 3.63) is 46.9 Å². The summed E-state index contributed by atoms with van der Waals surface area (Å²) in [5.74, 6) is -0.181. The number of aryl methyl sites for hydroxylation is 1. The second kappa shape index (κ2) is 5.01. The van der Waals surface area contributed by atoms with Crippen molar-refractivity contribution in [3.8, 4) is 0 Å². The highest BCUT2D eigenvalue weighted by molar-refractivity contribution is 6.31. The van der Waals surface area contributed by atoms with Crippen LogP contribution in [-0.4, -0.2) is 15.9 Å². The molecule has 1 aromatic carbocycles. The highest BCUT2D eigenvalue weighted by Crippen LogP contribution is 2.20. The van der Waals surface area contributed by atoms with Crippen LogP contribution in [0.2, 0.25) is 5.02 Å². The molecular weight excluding hydrogens is 252 g/mol. The molecule has 1 heterocycles. The zero-order valence-electron chi connectivity index (χ0n) is 9.64. The second-order valence-electron chi connectivity index (χ2n) is 3.75. The van der Waals surface area contributed by atoms with Crippen molar-refractivity contribution in [1.82, 2.24) is 9.97 Å². The maximum Gasteiger partial charge on any atom is 0.275 e. The lowest BCUT2D eigenvalue weighted by Gasteiger charge is -2.06. The van der Waals surface area contributed by atoms with E-state index < -0.39 is 0 Å². The summed E-state index contributed by atoms with van der Waals surface area (Å²) in [6, 6.07) is 5.26. The maximum atomic E-state index is 11.9. The summed E-state index contributed by atoms with van der Waals surface area (Å²) in [7, 11) is 0. The number of aromatic nitrogens is 2. The topological polar surface area (TPSA) is 80.9 Å². The van der Waals surface area contributed by atoms with Crippen LogP contribution in [0.5, 0.6) is 0 Å². The molecule has 0 aliphatic carbocycles. The number of rotatable bonds is 2. The molecule has 0 radical (unpaired) electrons. The van der Waals surface area contributed by atoms with Crippen molar-refractivity contribution in [2.45, 2.75) is 6.92 Å². The fraction of sp³-hybridized carbons (Fsp3) is 0.0833. The lowest BCUT2D eigenvalue weighted by atomic mass is 10.2. The molecule has 1 amide bonds. The van der Waals surface area contributed by atoms with Crippen molar-refractivity contribution < 1.29 is 4.79 Å². The second-order valence-corrected chi connectivity index (χ2v) is 4.15. The molecule has 0 spiro atoms. The van der Waals surface area contributed by atoms with Crippen LogP contribution in [-0.2, 0) is 0 Å². The molecule has 5 nitrogen and oxygen atoms in total. The number of benzene rings is 1.